The lowest BCUT2D eigenvalue weighted by Gasteiger charge is -2.16. The molecule has 2 N–H and O–H groups in total. The number of thiophene rings is 1. The van der Waals surface area contributed by atoms with Crippen LogP contribution in [0.1, 0.15) is 54.5 Å². The van der Waals surface area contributed by atoms with Gasteiger partial charge in [-0.15, -0.1) is 11.3 Å². The number of hydrogen-bond acceptors (Lipinski definition) is 3. The minimum atomic E-state index is -0.478. The van der Waals surface area contributed by atoms with Gasteiger partial charge in [0.05, 0.1) is 15.9 Å². The van der Waals surface area contributed by atoms with Crippen LogP contribution >= 0.6 is 27.3 Å². The molecule has 6 heteroatoms. The molecule has 1 aromatic carbocycles. The zero-order valence-electron chi connectivity index (χ0n) is 15.1. The Hall–Kier alpha value is -1.66. The van der Waals surface area contributed by atoms with Gasteiger partial charge < -0.3 is 10.6 Å². The first-order valence-electron chi connectivity index (χ1n) is 8.06. The highest BCUT2D eigenvalue weighted by molar-refractivity contribution is 9.10. The summed E-state index contributed by atoms with van der Waals surface area (Å²) in [4.78, 5) is 25.4. The molecule has 0 fully saturated rings. The Morgan fingerprint density at radius 2 is 1.84 bits per heavy atom. The fraction of sp³-hybridized carbons (Fsp3) is 0.368. The number of nitrogens with one attached hydrogen (secondary N) is 2. The molecule has 2 amide bonds. The summed E-state index contributed by atoms with van der Waals surface area (Å²) in [6, 6.07) is 9.53. The van der Waals surface area contributed by atoms with E-state index in [1.807, 2.05) is 65.0 Å². The van der Waals surface area contributed by atoms with E-state index in [4.69, 9.17) is 0 Å². The molecule has 2 rings (SSSR count). The Labute approximate surface area is 161 Å². The molecule has 0 aliphatic heterocycles. The van der Waals surface area contributed by atoms with Gasteiger partial charge in [0.15, 0.2) is 0 Å². The third-order valence-electron chi connectivity index (χ3n) is 3.76. The van der Waals surface area contributed by atoms with Crippen molar-refractivity contribution in [2.75, 3.05) is 5.32 Å². The van der Waals surface area contributed by atoms with Crippen LogP contribution in [0, 0.1) is 12.3 Å². The van der Waals surface area contributed by atoms with Crippen LogP contribution < -0.4 is 10.6 Å². The van der Waals surface area contributed by atoms with E-state index in [0.29, 0.717) is 9.88 Å². The van der Waals surface area contributed by atoms with E-state index >= 15 is 0 Å². The smallest absolute Gasteiger partial charge is 0.262 e. The fourth-order valence-corrected chi connectivity index (χ4v) is 3.83. The van der Waals surface area contributed by atoms with Crippen molar-refractivity contribution in [1.29, 1.82) is 0 Å². The summed E-state index contributed by atoms with van der Waals surface area (Å²) in [5, 5.41) is 6.59. The number of halogens is 1. The maximum atomic E-state index is 12.6. The van der Waals surface area contributed by atoms with Gasteiger partial charge in [-0.2, -0.15) is 0 Å². The van der Waals surface area contributed by atoms with Gasteiger partial charge in [-0.1, -0.05) is 54.9 Å². The maximum absolute atomic E-state index is 12.6. The Bertz CT molecular complexity index is 793. The van der Waals surface area contributed by atoms with Crippen LogP contribution in [0.4, 0.5) is 5.00 Å². The van der Waals surface area contributed by atoms with Gasteiger partial charge in [0.2, 0.25) is 5.91 Å². The summed E-state index contributed by atoms with van der Waals surface area (Å²) >= 11 is 4.81. The number of carbonyl (C=O) groups excluding carboxylic acids is 2. The highest BCUT2D eigenvalue weighted by Crippen LogP contribution is 2.29. The quantitative estimate of drug-likeness (QED) is 0.702. The van der Waals surface area contributed by atoms with Gasteiger partial charge in [-0.05, 0) is 37.1 Å². The molecule has 1 heterocycles. The largest absolute Gasteiger partial charge is 0.345 e. The summed E-state index contributed by atoms with van der Waals surface area (Å²) in [5.41, 5.74) is 1.39. The Morgan fingerprint density at radius 1 is 1.20 bits per heavy atom. The number of anilines is 1. The lowest BCUT2D eigenvalue weighted by molar-refractivity contribution is -0.123. The number of rotatable bonds is 4. The van der Waals surface area contributed by atoms with Crippen molar-refractivity contribution in [1.82, 2.24) is 5.32 Å². The molecular formula is C19H23BrN2O2S. The lowest BCUT2D eigenvalue weighted by atomic mass is 9.96. The zero-order valence-corrected chi connectivity index (χ0v) is 17.5. The molecule has 0 aliphatic rings. The van der Waals surface area contributed by atoms with Gasteiger partial charge in [0, 0.05) is 9.89 Å². The number of aryl methyl sites for hydroxylation is 1. The number of benzene rings is 1. The molecule has 134 valence electrons. The third kappa shape index (κ3) is 4.92. The molecule has 25 heavy (non-hydrogen) atoms. The molecule has 1 atom stereocenters. The van der Waals surface area contributed by atoms with Crippen molar-refractivity contribution in [3.8, 4) is 0 Å². The minimum absolute atomic E-state index is 0.0673. The zero-order chi connectivity index (χ0) is 18.8. The number of amides is 2. The standard InChI is InChI=1S/C19H23BrN2O2S/c1-11-10-15(22-18(24)19(3,4)5)25-16(11)17(23)21-12(2)13-8-6-7-9-14(13)20/h6-10,12H,1-5H3,(H,21,23)(H,22,24)/t12-/m0/s1. The molecule has 0 unspecified atom stereocenters. The highest BCUT2D eigenvalue weighted by atomic mass is 79.9. The van der Waals surface area contributed by atoms with Gasteiger partial charge in [0.25, 0.3) is 5.91 Å². The van der Waals surface area contributed by atoms with E-state index in [1.54, 1.807) is 0 Å². The summed E-state index contributed by atoms with van der Waals surface area (Å²) < 4.78 is 0.962. The van der Waals surface area contributed by atoms with E-state index in [2.05, 4.69) is 26.6 Å². The average Bonchev–Trinajstić information content (AvgIpc) is 2.87. The summed E-state index contributed by atoms with van der Waals surface area (Å²) in [5.74, 6) is -0.204. The number of hydrogen-bond donors (Lipinski definition) is 2. The topological polar surface area (TPSA) is 58.2 Å². The van der Waals surface area contributed by atoms with E-state index in [9.17, 15) is 9.59 Å². The van der Waals surface area contributed by atoms with Crippen LogP contribution in [0.2, 0.25) is 0 Å². The molecule has 4 nitrogen and oxygen atoms in total. The molecule has 0 bridgehead atoms. The van der Waals surface area contributed by atoms with Gasteiger partial charge in [-0.3, -0.25) is 9.59 Å². The number of carbonyl (C=O) groups is 2. The van der Waals surface area contributed by atoms with Crippen LogP contribution in [-0.4, -0.2) is 11.8 Å². The van der Waals surface area contributed by atoms with E-state index < -0.39 is 5.41 Å². The molecule has 0 aliphatic carbocycles. The van der Waals surface area contributed by atoms with E-state index in [0.717, 1.165) is 15.6 Å². The van der Waals surface area contributed by atoms with Crippen LogP contribution in [0.5, 0.6) is 0 Å². The molecular weight excluding hydrogens is 400 g/mol. The van der Waals surface area contributed by atoms with Gasteiger partial charge in [-0.25, -0.2) is 0 Å². The summed E-state index contributed by atoms with van der Waals surface area (Å²) in [6.07, 6.45) is 0. The predicted molar refractivity (Wildman–Crippen MR) is 107 cm³/mol. The Balaban J connectivity index is 2.12. The Kier molecular flexibility index (Phi) is 6.06. The molecule has 0 radical (unpaired) electrons. The average molecular weight is 423 g/mol. The van der Waals surface area contributed by atoms with Gasteiger partial charge in [0.1, 0.15) is 0 Å². The highest BCUT2D eigenvalue weighted by Gasteiger charge is 2.23. The lowest BCUT2D eigenvalue weighted by Crippen LogP contribution is -2.27. The molecule has 0 saturated heterocycles. The maximum Gasteiger partial charge on any atom is 0.262 e. The van der Waals surface area contributed by atoms with Crippen molar-refractivity contribution in [3.05, 3.63) is 50.8 Å². The second kappa shape index (κ2) is 7.70. The van der Waals surface area contributed by atoms with Gasteiger partial charge >= 0.3 is 0 Å². The van der Waals surface area contributed by atoms with Crippen LogP contribution in [0.3, 0.4) is 0 Å². The van der Waals surface area contributed by atoms with Crippen molar-refractivity contribution in [3.63, 3.8) is 0 Å². The molecule has 1 aromatic heterocycles. The van der Waals surface area contributed by atoms with Crippen LogP contribution in [0.25, 0.3) is 0 Å². The predicted octanol–water partition coefficient (Wildman–Crippen LogP) is 5.29. The Morgan fingerprint density at radius 3 is 2.44 bits per heavy atom. The third-order valence-corrected chi connectivity index (χ3v) is 5.63. The van der Waals surface area contributed by atoms with E-state index in [-0.39, 0.29) is 17.9 Å². The summed E-state index contributed by atoms with van der Waals surface area (Å²) in [6.45, 7) is 9.39. The van der Waals surface area contributed by atoms with E-state index in [1.165, 1.54) is 11.3 Å². The van der Waals surface area contributed by atoms with Crippen molar-refractivity contribution < 1.29 is 9.59 Å². The normalized spacial score (nSPS) is 12.6. The van der Waals surface area contributed by atoms with Crippen molar-refractivity contribution >= 4 is 44.1 Å². The van der Waals surface area contributed by atoms with Crippen LogP contribution in [0.15, 0.2) is 34.8 Å². The monoisotopic (exact) mass is 422 g/mol. The van der Waals surface area contributed by atoms with Crippen molar-refractivity contribution in [2.45, 2.75) is 40.7 Å². The molecule has 0 spiro atoms. The first-order valence-corrected chi connectivity index (χ1v) is 9.67. The second-order valence-electron chi connectivity index (χ2n) is 7.04. The minimum Gasteiger partial charge on any atom is -0.345 e. The second-order valence-corrected chi connectivity index (χ2v) is 8.95. The molecule has 2 aromatic rings. The summed E-state index contributed by atoms with van der Waals surface area (Å²) in [7, 11) is 0. The molecule has 0 saturated carbocycles. The van der Waals surface area contributed by atoms with Crippen molar-refractivity contribution in [2.24, 2.45) is 5.41 Å². The fourth-order valence-electron chi connectivity index (χ4n) is 2.23. The first-order chi connectivity index (χ1) is 11.6. The SMILES string of the molecule is Cc1cc(NC(=O)C(C)(C)C)sc1C(=O)N[C@@H](C)c1ccccc1Br. The first kappa shape index (κ1) is 19.7. The van der Waals surface area contributed by atoms with Crippen LogP contribution in [-0.2, 0) is 4.79 Å².